The lowest BCUT2D eigenvalue weighted by atomic mass is 10.2. The van der Waals surface area contributed by atoms with Crippen molar-refractivity contribution in [2.24, 2.45) is 0 Å². The standard InChI is InChI=1S/C16H16OS2/c1-13-5-7-15(8-6-13)19-12-16-14(9-11-18-16)4-2-3-10-17/h5-9,11,17H,3,10,12H2,1H3. The summed E-state index contributed by atoms with van der Waals surface area (Å²) < 4.78 is 0. The molecule has 98 valence electrons. The number of benzene rings is 1. The second-order valence-electron chi connectivity index (χ2n) is 4.13. The van der Waals surface area contributed by atoms with Gasteiger partial charge in [-0.2, -0.15) is 0 Å². The molecule has 0 aliphatic heterocycles. The minimum atomic E-state index is 0.130. The Kier molecular flexibility index (Phi) is 5.53. The van der Waals surface area contributed by atoms with Crippen molar-refractivity contribution in [2.45, 2.75) is 24.0 Å². The predicted octanol–water partition coefficient (Wildman–Crippen LogP) is 4.08. The van der Waals surface area contributed by atoms with Crippen LogP contribution in [-0.4, -0.2) is 11.7 Å². The number of aliphatic hydroxyl groups excluding tert-OH is 1. The number of rotatable bonds is 4. The van der Waals surface area contributed by atoms with Crippen molar-refractivity contribution in [3.63, 3.8) is 0 Å². The van der Waals surface area contributed by atoms with Crippen LogP contribution in [0.3, 0.4) is 0 Å². The van der Waals surface area contributed by atoms with Gasteiger partial charge in [-0.05, 0) is 30.5 Å². The molecule has 0 atom stereocenters. The minimum absolute atomic E-state index is 0.130. The van der Waals surface area contributed by atoms with Gasteiger partial charge in [0.15, 0.2) is 0 Å². The second-order valence-corrected chi connectivity index (χ2v) is 6.18. The number of hydrogen-bond donors (Lipinski definition) is 1. The maximum Gasteiger partial charge on any atom is 0.0540 e. The number of thiophene rings is 1. The van der Waals surface area contributed by atoms with E-state index in [1.165, 1.54) is 15.3 Å². The molecule has 1 aromatic heterocycles. The van der Waals surface area contributed by atoms with E-state index in [0.29, 0.717) is 6.42 Å². The summed E-state index contributed by atoms with van der Waals surface area (Å²) >= 11 is 3.58. The van der Waals surface area contributed by atoms with E-state index in [-0.39, 0.29) is 6.61 Å². The molecule has 1 heterocycles. The van der Waals surface area contributed by atoms with Gasteiger partial charge in [-0.1, -0.05) is 29.5 Å². The molecule has 19 heavy (non-hydrogen) atoms. The molecule has 0 radical (unpaired) electrons. The van der Waals surface area contributed by atoms with Gasteiger partial charge >= 0.3 is 0 Å². The van der Waals surface area contributed by atoms with E-state index in [9.17, 15) is 0 Å². The molecule has 0 amide bonds. The van der Waals surface area contributed by atoms with E-state index >= 15 is 0 Å². The highest BCUT2D eigenvalue weighted by Gasteiger charge is 2.03. The molecule has 2 aromatic rings. The van der Waals surface area contributed by atoms with Gasteiger partial charge in [0.2, 0.25) is 0 Å². The summed E-state index contributed by atoms with van der Waals surface area (Å²) in [5.41, 5.74) is 2.38. The van der Waals surface area contributed by atoms with Crippen LogP contribution in [0.1, 0.15) is 22.4 Å². The number of hydrogen-bond acceptors (Lipinski definition) is 3. The third-order valence-corrected chi connectivity index (χ3v) is 4.74. The number of aliphatic hydroxyl groups is 1. The maximum absolute atomic E-state index is 8.73. The van der Waals surface area contributed by atoms with E-state index in [1.807, 2.05) is 11.8 Å². The first-order chi connectivity index (χ1) is 9.29. The molecule has 1 aromatic carbocycles. The highest BCUT2D eigenvalue weighted by atomic mass is 32.2. The fourth-order valence-electron chi connectivity index (χ4n) is 1.56. The molecule has 1 N–H and O–H groups in total. The predicted molar refractivity (Wildman–Crippen MR) is 83.6 cm³/mol. The van der Waals surface area contributed by atoms with Crippen LogP contribution < -0.4 is 0 Å². The Morgan fingerprint density at radius 2 is 2.00 bits per heavy atom. The summed E-state index contributed by atoms with van der Waals surface area (Å²) in [5.74, 6) is 7.06. The normalized spacial score (nSPS) is 10.0. The van der Waals surface area contributed by atoms with Crippen molar-refractivity contribution < 1.29 is 5.11 Å². The molecular weight excluding hydrogens is 272 g/mol. The topological polar surface area (TPSA) is 20.2 Å². The van der Waals surface area contributed by atoms with Gasteiger partial charge in [-0.15, -0.1) is 23.1 Å². The summed E-state index contributed by atoms with van der Waals surface area (Å²) in [4.78, 5) is 2.59. The highest BCUT2D eigenvalue weighted by Crippen LogP contribution is 2.27. The second kappa shape index (κ2) is 7.40. The van der Waals surface area contributed by atoms with E-state index in [0.717, 1.165) is 11.3 Å². The average Bonchev–Trinajstić information content (AvgIpc) is 2.86. The van der Waals surface area contributed by atoms with Crippen LogP contribution in [0.2, 0.25) is 0 Å². The summed E-state index contributed by atoms with van der Waals surface area (Å²) in [6.07, 6.45) is 0.542. The van der Waals surface area contributed by atoms with Crippen LogP contribution in [0, 0.1) is 18.8 Å². The molecule has 2 rings (SSSR count). The average molecular weight is 288 g/mol. The highest BCUT2D eigenvalue weighted by molar-refractivity contribution is 7.98. The molecule has 0 saturated heterocycles. The Morgan fingerprint density at radius 3 is 2.74 bits per heavy atom. The zero-order valence-electron chi connectivity index (χ0n) is 10.8. The zero-order valence-corrected chi connectivity index (χ0v) is 12.5. The molecular formula is C16H16OS2. The first-order valence-electron chi connectivity index (χ1n) is 6.15. The van der Waals surface area contributed by atoms with Gasteiger partial charge in [-0.25, -0.2) is 0 Å². The van der Waals surface area contributed by atoms with Crippen LogP contribution in [0.25, 0.3) is 0 Å². The molecule has 3 heteroatoms. The maximum atomic E-state index is 8.73. The Balaban J connectivity index is 1.98. The van der Waals surface area contributed by atoms with Crippen molar-refractivity contribution in [1.82, 2.24) is 0 Å². The zero-order chi connectivity index (χ0) is 13.5. The molecule has 0 spiro atoms. The van der Waals surface area contributed by atoms with Crippen molar-refractivity contribution in [3.05, 3.63) is 51.7 Å². The lowest BCUT2D eigenvalue weighted by molar-refractivity contribution is 0.305. The van der Waals surface area contributed by atoms with Crippen molar-refractivity contribution in [1.29, 1.82) is 0 Å². The quantitative estimate of drug-likeness (QED) is 0.675. The fourth-order valence-corrected chi connectivity index (χ4v) is 3.41. The van der Waals surface area contributed by atoms with Crippen LogP contribution in [0.5, 0.6) is 0 Å². The largest absolute Gasteiger partial charge is 0.395 e. The van der Waals surface area contributed by atoms with E-state index < -0.39 is 0 Å². The van der Waals surface area contributed by atoms with Crippen molar-refractivity contribution in [2.75, 3.05) is 6.61 Å². The molecule has 0 bridgehead atoms. The van der Waals surface area contributed by atoms with Crippen LogP contribution in [0.4, 0.5) is 0 Å². The molecule has 0 saturated carbocycles. The number of thioether (sulfide) groups is 1. The molecule has 1 nitrogen and oxygen atoms in total. The van der Waals surface area contributed by atoms with Crippen molar-refractivity contribution >= 4 is 23.1 Å². The Hall–Kier alpha value is -1.21. The lowest BCUT2D eigenvalue weighted by Gasteiger charge is -2.01. The van der Waals surface area contributed by atoms with Gasteiger partial charge < -0.3 is 5.11 Å². The SMILES string of the molecule is Cc1ccc(SCc2sccc2C#CCCO)cc1. The van der Waals surface area contributed by atoms with Gasteiger partial charge in [0, 0.05) is 27.5 Å². The Bertz CT molecular complexity index is 573. The summed E-state index contributed by atoms with van der Waals surface area (Å²) in [6.45, 7) is 2.23. The van der Waals surface area contributed by atoms with E-state index in [2.05, 4.69) is 54.5 Å². The fraction of sp³-hybridized carbons (Fsp3) is 0.250. The van der Waals surface area contributed by atoms with Gasteiger partial charge in [0.05, 0.1) is 6.61 Å². The Morgan fingerprint density at radius 1 is 1.21 bits per heavy atom. The smallest absolute Gasteiger partial charge is 0.0540 e. The van der Waals surface area contributed by atoms with Crippen molar-refractivity contribution in [3.8, 4) is 11.8 Å². The molecule has 0 aliphatic carbocycles. The minimum Gasteiger partial charge on any atom is -0.395 e. The lowest BCUT2D eigenvalue weighted by Crippen LogP contribution is -1.82. The van der Waals surface area contributed by atoms with Crippen LogP contribution in [-0.2, 0) is 5.75 Å². The third-order valence-electron chi connectivity index (χ3n) is 2.60. The Labute approximate surface area is 122 Å². The first kappa shape index (κ1) is 14.2. The first-order valence-corrected chi connectivity index (χ1v) is 8.01. The summed E-state index contributed by atoms with van der Waals surface area (Å²) in [7, 11) is 0. The molecule has 0 aliphatic rings. The van der Waals surface area contributed by atoms with Crippen LogP contribution in [0.15, 0.2) is 40.6 Å². The molecule has 0 unspecified atom stereocenters. The molecule has 0 fully saturated rings. The summed E-state index contributed by atoms with van der Waals surface area (Å²) in [5, 5.41) is 10.8. The third kappa shape index (κ3) is 4.43. The monoisotopic (exact) mass is 288 g/mol. The summed E-state index contributed by atoms with van der Waals surface area (Å²) in [6, 6.07) is 10.6. The van der Waals surface area contributed by atoms with Gasteiger partial charge in [-0.3, -0.25) is 0 Å². The van der Waals surface area contributed by atoms with Gasteiger partial charge in [0.1, 0.15) is 0 Å². The van der Waals surface area contributed by atoms with Crippen LogP contribution >= 0.6 is 23.1 Å². The van der Waals surface area contributed by atoms with E-state index in [1.54, 1.807) is 11.3 Å². The number of aryl methyl sites for hydroxylation is 1. The van der Waals surface area contributed by atoms with Gasteiger partial charge in [0.25, 0.3) is 0 Å². The van der Waals surface area contributed by atoms with E-state index in [4.69, 9.17) is 5.11 Å².